The van der Waals surface area contributed by atoms with E-state index in [9.17, 15) is 9.59 Å². The van der Waals surface area contributed by atoms with Crippen molar-refractivity contribution in [2.24, 2.45) is 5.92 Å². The van der Waals surface area contributed by atoms with Gasteiger partial charge in [0, 0.05) is 34.5 Å². The summed E-state index contributed by atoms with van der Waals surface area (Å²) in [6, 6.07) is 16.4. The second-order valence-electron chi connectivity index (χ2n) is 9.66. The summed E-state index contributed by atoms with van der Waals surface area (Å²) < 4.78 is 16.5. The van der Waals surface area contributed by atoms with E-state index in [4.69, 9.17) is 9.47 Å². The zero-order valence-corrected chi connectivity index (χ0v) is 18.7. The van der Waals surface area contributed by atoms with Gasteiger partial charge in [0.1, 0.15) is 12.1 Å². The van der Waals surface area contributed by atoms with Gasteiger partial charge in [-0.3, -0.25) is 9.59 Å². The molecular formula is C27H21N3O4. The smallest absolute Gasteiger partial charge is 0.313 e. The van der Waals surface area contributed by atoms with E-state index in [1.54, 1.807) is 0 Å². The highest BCUT2D eigenvalue weighted by molar-refractivity contribution is 6.31. The van der Waals surface area contributed by atoms with Gasteiger partial charge in [0.15, 0.2) is 5.72 Å². The van der Waals surface area contributed by atoms with E-state index in [0.717, 1.165) is 54.7 Å². The Balaban J connectivity index is 1.72. The second-order valence-corrected chi connectivity index (χ2v) is 9.66. The van der Waals surface area contributed by atoms with Crippen molar-refractivity contribution in [3.05, 3.63) is 59.7 Å². The van der Waals surface area contributed by atoms with Gasteiger partial charge in [0.2, 0.25) is 0 Å². The van der Waals surface area contributed by atoms with E-state index in [0.29, 0.717) is 13.0 Å². The predicted octanol–water partition coefficient (Wildman–Crippen LogP) is 4.54. The number of esters is 1. The quantitative estimate of drug-likeness (QED) is 0.380. The molecule has 168 valence electrons. The minimum Gasteiger partial charge on any atom is -0.469 e. The number of carbonyl (C=O) groups excluding carboxylic acids is 2. The topological polar surface area (TPSA) is 74.5 Å². The number of hydrogen-bond donors (Lipinski definition) is 1. The molecule has 0 radical (unpaired) electrons. The highest BCUT2D eigenvalue weighted by Crippen LogP contribution is 2.56. The molecule has 5 aromatic rings. The fourth-order valence-electron chi connectivity index (χ4n) is 6.89. The summed E-state index contributed by atoms with van der Waals surface area (Å²) in [6.45, 7) is 2.48. The molecule has 0 aliphatic carbocycles. The number of methoxy groups -OCH3 is 1. The number of carbonyl (C=O) groups is 2. The number of nitrogens with zero attached hydrogens (tertiary/aromatic N) is 2. The van der Waals surface area contributed by atoms with Gasteiger partial charge in [-0.15, -0.1) is 0 Å². The van der Waals surface area contributed by atoms with Crippen molar-refractivity contribution in [2.75, 3.05) is 7.11 Å². The maximum absolute atomic E-state index is 13.2. The Morgan fingerprint density at radius 2 is 1.76 bits per heavy atom. The summed E-state index contributed by atoms with van der Waals surface area (Å²) in [5, 5.41) is 7.18. The molecule has 3 atom stereocenters. The maximum atomic E-state index is 13.2. The van der Waals surface area contributed by atoms with E-state index < -0.39 is 11.6 Å². The van der Waals surface area contributed by atoms with Gasteiger partial charge in [0.05, 0.1) is 34.7 Å². The predicted molar refractivity (Wildman–Crippen MR) is 128 cm³/mol. The van der Waals surface area contributed by atoms with Gasteiger partial charge in [-0.25, -0.2) is 0 Å². The molecule has 7 heteroatoms. The number of hydrogen-bond acceptors (Lipinski definition) is 4. The molecule has 0 spiro atoms. The first kappa shape index (κ1) is 18.6. The van der Waals surface area contributed by atoms with Crippen LogP contribution in [0.25, 0.3) is 43.6 Å². The zero-order chi connectivity index (χ0) is 22.9. The van der Waals surface area contributed by atoms with Crippen LogP contribution >= 0.6 is 0 Å². The fourth-order valence-corrected chi connectivity index (χ4v) is 6.89. The Kier molecular flexibility index (Phi) is 3.17. The summed E-state index contributed by atoms with van der Waals surface area (Å²) in [5.41, 5.74) is 4.85. The van der Waals surface area contributed by atoms with E-state index in [2.05, 4.69) is 38.7 Å². The summed E-state index contributed by atoms with van der Waals surface area (Å²) in [7, 11) is 1.44. The molecule has 3 unspecified atom stereocenters. The van der Waals surface area contributed by atoms with Crippen molar-refractivity contribution in [1.82, 2.24) is 14.5 Å². The lowest BCUT2D eigenvalue weighted by molar-refractivity contribution is -0.161. The lowest BCUT2D eigenvalue weighted by Gasteiger charge is -2.32. The molecule has 5 heterocycles. The third kappa shape index (κ3) is 1.84. The molecule has 1 fully saturated rings. The number of para-hydroxylation sites is 2. The number of aromatic nitrogens is 2. The van der Waals surface area contributed by atoms with Gasteiger partial charge < -0.3 is 23.9 Å². The van der Waals surface area contributed by atoms with Crippen LogP contribution in [-0.4, -0.2) is 28.1 Å². The number of benzene rings is 3. The van der Waals surface area contributed by atoms with Crippen molar-refractivity contribution >= 4 is 55.5 Å². The Morgan fingerprint density at radius 1 is 1.06 bits per heavy atom. The summed E-state index contributed by atoms with van der Waals surface area (Å²) in [4.78, 5) is 26.3. The molecule has 1 amide bonds. The van der Waals surface area contributed by atoms with Gasteiger partial charge in [-0.1, -0.05) is 36.4 Å². The average molecular weight is 451 g/mol. The molecule has 1 saturated heterocycles. The normalized spacial score (nSPS) is 24.9. The maximum Gasteiger partial charge on any atom is 0.313 e. The van der Waals surface area contributed by atoms with Crippen LogP contribution in [0, 0.1) is 5.92 Å². The molecule has 3 aliphatic rings. The Bertz CT molecular complexity index is 1780. The van der Waals surface area contributed by atoms with Crippen LogP contribution in [0.5, 0.6) is 0 Å². The molecule has 34 heavy (non-hydrogen) atoms. The van der Waals surface area contributed by atoms with E-state index in [1.807, 2.05) is 31.2 Å². The average Bonchev–Trinajstić information content (AvgIpc) is 3.56. The minimum absolute atomic E-state index is 0.0365. The first-order chi connectivity index (χ1) is 16.5. The number of nitrogens with one attached hydrogen (secondary N) is 1. The Morgan fingerprint density at radius 3 is 2.53 bits per heavy atom. The zero-order valence-electron chi connectivity index (χ0n) is 18.7. The lowest BCUT2D eigenvalue weighted by Crippen LogP contribution is -2.40. The van der Waals surface area contributed by atoms with E-state index >= 15 is 0 Å². The molecule has 2 bridgehead atoms. The SMILES string of the molecule is COC(=O)C1CC2OC1(C)n1c3ccccc3c3c4c(c5c6ccccc6n2c5c31)C(=O)NC4. The van der Waals surface area contributed by atoms with Crippen molar-refractivity contribution in [1.29, 1.82) is 0 Å². The second kappa shape index (κ2) is 5.80. The molecule has 8 rings (SSSR count). The standard InChI is InChI=1S/C27H21N3O4/c1-27-16(26(32)33-2)11-19(34-27)29-17-9-5-3-7-13(17)21-22-15(12-28-25(22)31)20-14-8-4-6-10-18(14)30(27)24(20)23(21)29/h3-10,16,19H,11-12H2,1-2H3,(H,28,31). The van der Waals surface area contributed by atoms with Gasteiger partial charge in [0.25, 0.3) is 5.91 Å². The highest BCUT2D eigenvalue weighted by atomic mass is 16.6. The third-order valence-corrected chi connectivity index (χ3v) is 8.19. The molecule has 3 aromatic carbocycles. The third-order valence-electron chi connectivity index (χ3n) is 8.19. The first-order valence-corrected chi connectivity index (χ1v) is 11.6. The molecule has 2 aromatic heterocycles. The van der Waals surface area contributed by atoms with Crippen molar-refractivity contribution in [2.45, 2.75) is 31.8 Å². The van der Waals surface area contributed by atoms with Crippen LogP contribution in [0.3, 0.4) is 0 Å². The van der Waals surface area contributed by atoms with Crippen LogP contribution in [-0.2, 0) is 26.5 Å². The van der Waals surface area contributed by atoms with Crippen molar-refractivity contribution in [3.63, 3.8) is 0 Å². The first-order valence-electron chi connectivity index (χ1n) is 11.6. The van der Waals surface area contributed by atoms with Crippen LogP contribution in [0.4, 0.5) is 0 Å². The van der Waals surface area contributed by atoms with Crippen molar-refractivity contribution in [3.8, 4) is 0 Å². The molecule has 7 nitrogen and oxygen atoms in total. The number of fused-ring (bicyclic) bond motifs is 13. The number of amides is 1. The Hall–Kier alpha value is -3.84. The summed E-state index contributed by atoms with van der Waals surface area (Å²) >= 11 is 0. The molecule has 0 saturated carbocycles. The molecule has 1 N–H and O–H groups in total. The van der Waals surface area contributed by atoms with Gasteiger partial charge >= 0.3 is 5.97 Å². The Labute approximate surface area is 193 Å². The molecule has 3 aliphatic heterocycles. The van der Waals surface area contributed by atoms with Crippen LogP contribution in [0.1, 0.15) is 35.5 Å². The number of ether oxygens (including phenoxy) is 2. The van der Waals surface area contributed by atoms with E-state index in [1.165, 1.54) is 7.11 Å². The van der Waals surface area contributed by atoms with E-state index in [-0.39, 0.29) is 18.1 Å². The fraction of sp³-hybridized carbons (Fsp3) is 0.259. The van der Waals surface area contributed by atoms with Crippen LogP contribution in [0.2, 0.25) is 0 Å². The van der Waals surface area contributed by atoms with Gasteiger partial charge in [-0.05, 0) is 24.6 Å². The lowest BCUT2D eigenvalue weighted by atomic mass is 9.93. The largest absolute Gasteiger partial charge is 0.469 e. The van der Waals surface area contributed by atoms with Crippen LogP contribution in [0.15, 0.2) is 48.5 Å². The molecular weight excluding hydrogens is 430 g/mol. The monoisotopic (exact) mass is 451 g/mol. The van der Waals surface area contributed by atoms with Crippen molar-refractivity contribution < 1.29 is 19.1 Å². The minimum atomic E-state index is -0.934. The van der Waals surface area contributed by atoms with Gasteiger partial charge in [-0.2, -0.15) is 0 Å². The summed E-state index contributed by atoms with van der Waals surface area (Å²) in [5.74, 6) is -0.783. The summed E-state index contributed by atoms with van der Waals surface area (Å²) in [6.07, 6.45) is 0.133. The van der Waals surface area contributed by atoms with Crippen LogP contribution < -0.4 is 5.32 Å². The number of rotatable bonds is 1. The highest BCUT2D eigenvalue weighted by Gasteiger charge is 2.55.